The molecule has 1 aliphatic heterocycles. The zero-order valence-corrected chi connectivity index (χ0v) is 12.0. The standard InChI is InChI=1S/C12H19N5O4/c1-8(2)13-14-12(18)11-9(17(19)20)7-16(15-11)10-5-3-4-6-21-10/h7-8,10,13H,3-6H2,1-2H3,(H,14,18). The average Bonchev–Trinajstić information content (AvgIpc) is 2.91. The minimum atomic E-state index is -0.634. The molecule has 0 spiro atoms. The molecule has 0 aromatic carbocycles. The fraction of sp³-hybridized carbons (Fsp3) is 0.667. The van der Waals surface area contributed by atoms with Crippen LogP contribution in [-0.4, -0.2) is 33.3 Å². The molecule has 1 aromatic rings. The Labute approximate surface area is 121 Å². The van der Waals surface area contributed by atoms with E-state index in [-0.39, 0.29) is 23.7 Å². The minimum Gasteiger partial charge on any atom is -0.357 e. The lowest BCUT2D eigenvalue weighted by molar-refractivity contribution is -0.385. The normalized spacial score (nSPS) is 18.7. The van der Waals surface area contributed by atoms with Gasteiger partial charge in [0.1, 0.15) is 12.4 Å². The van der Waals surface area contributed by atoms with Crippen LogP contribution >= 0.6 is 0 Å². The third-order valence-electron chi connectivity index (χ3n) is 3.05. The third kappa shape index (κ3) is 3.76. The van der Waals surface area contributed by atoms with Crippen LogP contribution in [0.1, 0.15) is 49.8 Å². The van der Waals surface area contributed by atoms with Crippen molar-refractivity contribution in [2.45, 2.75) is 45.4 Å². The van der Waals surface area contributed by atoms with E-state index in [1.54, 1.807) is 0 Å². The van der Waals surface area contributed by atoms with Crippen molar-refractivity contribution in [1.82, 2.24) is 20.6 Å². The summed E-state index contributed by atoms with van der Waals surface area (Å²) in [5, 5.41) is 15.1. The Bertz CT molecular complexity index is 522. The first-order valence-corrected chi connectivity index (χ1v) is 6.90. The molecule has 1 aliphatic rings. The van der Waals surface area contributed by atoms with Crippen LogP contribution in [0.25, 0.3) is 0 Å². The van der Waals surface area contributed by atoms with E-state index >= 15 is 0 Å². The van der Waals surface area contributed by atoms with E-state index in [0.29, 0.717) is 6.61 Å². The van der Waals surface area contributed by atoms with Crippen LogP contribution in [0.5, 0.6) is 0 Å². The van der Waals surface area contributed by atoms with Crippen molar-refractivity contribution in [2.75, 3.05) is 6.61 Å². The second-order valence-corrected chi connectivity index (χ2v) is 5.17. The number of nitrogens with zero attached hydrogens (tertiary/aromatic N) is 3. The Kier molecular flexibility index (Phi) is 4.86. The number of hydrogen-bond donors (Lipinski definition) is 2. The lowest BCUT2D eigenvalue weighted by Crippen LogP contribution is -2.42. The molecule has 1 saturated heterocycles. The number of aromatic nitrogens is 2. The summed E-state index contributed by atoms with van der Waals surface area (Å²) in [5.74, 6) is -0.634. The molecule has 1 amide bonds. The Hall–Kier alpha value is -2.00. The van der Waals surface area contributed by atoms with Gasteiger partial charge in [-0.3, -0.25) is 20.3 Å². The first-order chi connectivity index (χ1) is 9.99. The molecule has 0 aliphatic carbocycles. The number of rotatable bonds is 5. The molecule has 1 unspecified atom stereocenters. The van der Waals surface area contributed by atoms with Crippen LogP contribution in [0.4, 0.5) is 5.69 Å². The van der Waals surface area contributed by atoms with Gasteiger partial charge in [-0.2, -0.15) is 5.10 Å². The Morgan fingerprint density at radius 2 is 2.33 bits per heavy atom. The van der Waals surface area contributed by atoms with Crippen LogP contribution in [0, 0.1) is 10.1 Å². The average molecular weight is 297 g/mol. The van der Waals surface area contributed by atoms with Gasteiger partial charge in [0.05, 0.1) is 4.92 Å². The SMILES string of the molecule is CC(C)NNC(=O)c1nn(C2CCCCO2)cc1[N+](=O)[O-]. The lowest BCUT2D eigenvalue weighted by Gasteiger charge is -2.22. The number of hydrogen-bond acceptors (Lipinski definition) is 6. The van der Waals surface area contributed by atoms with E-state index in [0.717, 1.165) is 19.3 Å². The van der Waals surface area contributed by atoms with Gasteiger partial charge in [-0.1, -0.05) is 0 Å². The molecular weight excluding hydrogens is 278 g/mol. The molecule has 9 nitrogen and oxygen atoms in total. The van der Waals surface area contributed by atoms with E-state index < -0.39 is 10.8 Å². The number of carbonyl (C=O) groups excluding carboxylic acids is 1. The summed E-state index contributed by atoms with van der Waals surface area (Å²) in [6, 6.07) is 0.0109. The predicted molar refractivity (Wildman–Crippen MR) is 73.5 cm³/mol. The van der Waals surface area contributed by atoms with Gasteiger partial charge >= 0.3 is 5.69 Å². The van der Waals surface area contributed by atoms with Crippen LogP contribution < -0.4 is 10.9 Å². The number of nitrogens with one attached hydrogen (secondary N) is 2. The van der Waals surface area contributed by atoms with E-state index in [1.165, 1.54) is 10.9 Å². The molecule has 0 radical (unpaired) electrons. The second-order valence-electron chi connectivity index (χ2n) is 5.17. The number of ether oxygens (including phenoxy) is 1. The van der Waals surface area contributed by atoms with Crippen molar-refractivity contribution < 1.29 is 14.5 Å². The molecule has 1 aromatic heterocycles. The molecule has 9 heteroatoms. The maximum Gasteiger partial charge on any atom is 0.320 e. The molecule has 1 fully saturated rings. The number of amides is 1. The molecule has 2 rings (SSSR count). The highest BCUT2D eigenvalue weighted by Gasteiger charge is 2.28. The summed E-state index contributed by atoms with van der Waals surface area (Å²) in [6.45, 7) is 4.26. The lowest BCUT2D eigenvalue weighted by atomic mass is 10.2. The molecule has 2 N–H and O–H groups in total. The quantitative estimate of drug-likeness (QED) is 0.622. The largest absolute Gasteiger partial charge is 0.357 e. The minimum absolute atomic E-state index is 0.0109. The summed E-state index contributed by atoms with van der Waals surface area (Å²) >= 11 is 0. The number of nitro groups is 1. The Morgan fingerprint density at radius 3 is 2.90 bits per heavy atom. The topological polar surface area (TPSA) is 111 Å². The van der Waals surface area contributed by atoms with Crippen molar-refractivity contribution in [3.63, 3.8) is 0 Å². The van der Waals surface area contributed by atoms with Crippen molar-refractivity contribution in [1.29, 1.82) is 0 Å². The van der Waals surface area contributed by atoms with Crippen LogP contribution in [0.3, 0.4) is 0 Å². The van der Waals surface area contributed by atoms with Gasteiger partial charge in [0.2, 0.25) is 5.69 Å². The van der Waals surface area contributed by atoms with Crippen molar-refractivity contribution in [3.05, 3.63) is 22.0 Å². The predicted octanol–water partition coefficient (Wildman–Crippen LogP) is 1.13. The van der Waals surface area contributed by atoms with Crippen molar-refractivity contribution in [3.8, 4) is 0 Å². The van der Waals surface area contributed by atoms with Gasteiger partial charge in [-0.15, -0.1) is 0 Å². The van der Waals surface area contributed by atoms with Crippen molar-refractivity contribution in [2.24, 2.45) is 0 Å². The number of hydrazine groups is 1. The van der Waals surface area contributed by atoms with Gasteiger partial charge in [-0.05, 0) is 33.1 Å². The molecule has 116 valence electrons. The molecule has 21 heavy (non-hydrogen) atoms. The molecule has 2 heterocycles. The van der Waals surface area contributed by atoms with E-state index in [1.807, 2.05) is 13.8 Å². The molecule has 1 atom stereocenters. The fourth-order valence-corrected chi connectivity index (χ4v) is 2.03. The zero-order valence-electron chi connectivity index (χ0n) is 12.0. The van der Waals surface area contributed by atoms with Gasteiger partial charge in [0.25, 0.3) is 5.91 Å². The zero-order chi connectivity index (χ0) is 15.4. The van der Waals surface area contributed by atoms with Gasteiger partial charge in [0, 0.05) is 12.6 Å². The highest BCUT2D eigenvalue weighted by molar-refractivity contribution is 5.95. The first kappa shape index (κ1) is 15.4. The molecule has 0 bridgehead atoms. The third-order valence-corrected chi connectivity index (χ3v) is 3.05. The first-order valence-electron chi connectivity index (χ1n) is 6.90. The van der Waals surface area contributed by atoms with Crippen LogP contribution in [0.2, 0.25) is 0 Å². The monoisotopic (exact) mass is 297 g/mol. The van der Waals surface area contributed by atoms with Crippen molar-refractivity contribution >= 4 is 11.6 Å². The fourth-order valence-electron chi connectivity index (χ4n) is 2.03. The van der Waals surface area contributed by atoms with Gasteiger partial charge in [-0.25, -0.2) is 10.1 Å². The van der Waals surface area contributed by atoms with E-state index in [9.17, 15) is 14.9 Å². The summed E-state index contributed by atoms with van der Waals surface area (Å²) in [6.07, 6.45) is 3.56. The second kappa shape index (κ2) is 6.64. The summed E-state index contributed by atoms with van der Waals surface area (Å²) in [4.78, 5) is 22.4. The highest BCUT2D eigenvalue weighted by Crippen LogP contribution is 2.25. The smallest absolute Gasteiger partial charge is 0.320 e. The van der Waals surface area contributed by atoms with Crippen LogP contribution in [-0.2, 0) is 4.74 Å². The van der Waals surface area contributed by atoms with E-state index in [4.69, 9.17) is 4.74 Å². The van der Waals surface area contributed by atoms with Gasteiger partial charge in [0.15, 0.2) is 0 Å². The van der Waals surface area contributed by atoms with Crippen LogP contribution in [0.15, 0.2) is 6.20 Å². The number of carbonyl (C=O) groups is 1. The summed E-state index contributed by atoms with van der Waals surface area (Å²) in [5.41, 5.74) is 4.55. The Morgan fingerprint density at radius 1 is 1.57 bits per heavy atom. The molecule has 0 saturated carbocycles. The summed E-state index contributed by atoms with van der Waals surface area (Å²) in [7, 11) is 0. The Balaban J connectivity index is 2.20. The molecular formula is C12H19N5O4. The summed E-state index contributed by atoms with van der Waals surface area (Å²) < 4.78 is 6.88. The van der Waals surface area contributed by atoms with Gasteiger partial charge < -0.3 is 4.74 Å². The maximum atomic E-state index is 12.0. The highest BCUT2D eigenvalue weighted by atomic mass is 16.6. The maximum absolute atomic E-state index is 12.0. The van der Waals surface area contributed by atoms with E-state index in [2.05, 4.69) is 16.0 Å².